The first kappa shape index (κ1) is 26.3. The Morgan fingerprint density at radius 1 is 1.20 bits per heavy atom. The van der Waals surface area contributed by atoms with Gasteiger partial charge < -0.3 is 24.4 Å². The molecule has 0 aromatic heterocycles. The van der Waals surface area contributed by atoms with Gasteiger partial charge >= 0.3 is 11.9 Å². The van der Waals surface area contributed by atoms with Gasteiger partial charge in [0.15, 0.2) is 5.60 Å². The van der Waals surface area contributed by atoms with Gasteiger partial charge in [0.05, 0.1) is 18.6 Å². The van der Waals surface area contributed by atoms with Crippen molar-refractivity contribution in [3.05, 3.63) is 11.1 Å². The summed E-state index contributed by atoms with van der Waals surface area (Å²) in [5.74, 6) is -2.78. The monoisotopic (exact) mass is 492 g/mol. The number of fused-ring (bicyclic) bond motifs is 5. The van der Waals surface area contributed by atoms with Crippen molar-refractivity contribution in [2.75, 3.05) is 6.61 Å². The molecule has 2 bridgehead atoms. The molecule has 4 aliphatic rings. The second-order valence-electron chi connectivity index (χ2n) is 12.0. The average molecular weight is 493 g/mol. The Morgan fingerprint density at radius 3 is 2.34 bits per heavy atom. The van der Waals surface area contributed by atoms with E-state index in [0.29, 0.717) is 17.6 Å². The van der Waals surface area contributed by atoms with E-state index in [1.165, 1.54) is 6.92 Å². The molecule has 4 rings (SSSR count). The molecule has 1 saturated heterocycles. The molecular formula is C27H40O8. The molecule has 2 saturated carbocycles. The van der Waals surface area contributed by atoms with Crippen LogP contribution in [0.4, 0.5) is 0 Å². The molecule has 1 aliphatic heterocycles. The first-order valence-corrected chi connectivity index (χ1v) is 12.8. The highest BCUT2D eigenvalue weighted by Crippen LogP contribution is 2.65. The molecule has 196 valence electrons. The summed E-state index contributed by atoms with van der Waals surface area (Å²) in [5, 5.41) is 23.7. The number of esters is 2. The number of rotatable bonds is 3. The van der Waals surface area contributed by atoms with Crippen LogP contribution in [0.2, 0.25) is 0 Å². The molecule has 1 heterocycles. The predicted octanol–water partition coefficient (Wildman–Crippen LogP) is 2.73. The number of aliphatic hydroxyl groups is 2. The van der Waals surface area contributed by atoms with Gasteiger partial charge in [0.25, 0.3) is 0 Å². The van der Waals surface area contributed by atoms with Crippen LogP contribution in [0.5, 0.6) is 0 Å². The largest absolute Gasteiger partial charge is 0.459 e. The highest BCUT2D eigenvalue weighted by molar-refractivity contribution is 5.91. The van der Waals surface area contributed by atoms with Crippen LogP contribution in [0.25, 0.3) is 0 Å². The SMILES string of the molecule is CCC(=O)O[C@H]1C2[C@](C)(C(=O)[C@H](C)C3=C(C)[C@@H](O)C[C@]1(O)C3(C)C)[C@@H](C)C[C@H]1OC[C@@]21OC(C)=O. The fraction of sp³-hybridized carbons (Fsp3) is 0.815. The smallest absolute Gasteiger partial charge is 0.305 e. The Labute approximate surface area is 207 Å². The zero-order chi connectivity index (χ0) is 26.3. The lowest BCUT2D eigenvalue weighted by atomic mass is 9.42. The standard InChI is InChI=1S/C27H40O8/c1-9-19(30)34-23-21-25(8,13(2)10-18-26(21,12-33-18)35-16(5)28)22(31)15(4)20-14(3)17(29)11-27(23,32)24(20,6)7/h13,15,17-18,21,23,29,32H,9-12H2,1-8H3/t13-,15+,17-,18+,21?,23-,25+,26-,27+/m0/s1. The van der Waals surface area contributed by atoms with E-state index in [2.05, 4.69) is 0 Å². The maximum Gasteiger partial charge on any atom is 0.305 e. The lowest BCUT2D eigenvalue weighted by molar-refractivity contribution is -0.341. The fourth-order valence-electron chi connectivity index (χ4n) is 7.92. The molecule has 9 atom stereocenters. The summed E-state index contributed by atoms with van der Waals surface area (Å²) in [4.78, 5) is 39.7. The molecule has 2 N–H and O–H groups in total. The van der Waals surface area contributed by atoms with Crippen LogP contribution in [0.15, 0.2) is 11.1 Å². The lowest BCUT2D eigenvalue weighted by Gasteiger charge is -2.68. The van der Waals surface area contributed by atoms with Crippen molar-refractivity contribution in [3.63, 3.8) is 0 Å². The van der Waals surface area contributed by atoms with Gasteiger partial charge in [-0.3, -0.25) is 14.4 Å². The first-order chi connectivity index (χ1) is 16.1. The molecule has 0 aromatic rings. The molecule has 0 spiro atoms. The highest BCUT2D eigenvalue weighted by Gasteiger charge is 2.76. The topological polar surface area (TPSA) is 119 Å². The van der Waals surface area contributed by atoms with Crippen molar-refractivity contribution in [1.82, 2.24) is 0 Å². The Kier molecular flexibility index (Phi) is 6.10. The second kappa shape index (κ2) is 8.12. The van der Waals surface area contributed by atoms with Gasteiger partial charge in [-0.05, 0) is 30.4 Å². The Morgan fingerprint density at radius 2 is 1.83 bits per heavy atom. The van der Waals surface area contributed by atoms with E-state index in [1.807, 2.05) is 34.6 Å². The summed E-state index contributed by atoms with van der Waals surface area (Å²) in [7, 11) is 0. The average Bonchev–Trinajstić information content (AvgIpc) is 2.76. The summed E-state index contributed by atoms with van der Waals surface area (Å²) in [6.45, 7) is 14.2. The van der Waals surface area contributed by atoms with Crippen molar-refractivity contribution in [2.45, 2.75) is 104 Å². The molecule has 0 amide bonds. The lowest BCUT2D eigenvalue weighted by Crippen LogP contribution is -2.80. The van der Waals surface area contributed by atoms with E-state index < -0.39 is 64.1 Å². The number of hydrogen-bond acceptors (Lipinski definition) is 8. The van der Waals surface area contributed by atoms with Gasteiger partial charge in [-0.25, -0.2) is 0 Å². The van der Waals surface area contributed by atoms with E-state index >= 15 is 0 Å². The van der Waals surface area contributed by atoms with Gasteiger partial charge in [0, 0.05) is 36.5 Å². The third kappa shape index (κ3) is 3.25. The number of ether oxygens (including phenoxy) is 3. The highest BCUT2D eigenvalue weighted by atomic mass is 16.6. The van der Waals surface area contributed by atoms with Crippen LogP contribution in [-0.4, -0.2) is 64.1 Å². The van der Waals surface area contributed by atoms with E-state index in [4.69, 9.17) is 14.2 Å². The summed E-state index contributed by atoms with van der Waals surface area (Å²) >= 11 is 0. The quantitative estimate of drug-likeness (QED) is 0.456. The zero-order valence-corrected chi connectivity index (χ0v) is 22.1. The van der Waals surface area contributed by atoms with Crippen LogP contribution in [-0.2, 0) is 28.6 Å². The number of carbonyl (C=O) groups excluding carboxylic acids is 3. The molecule has 8 heteroatoms. The van der Waals surface area contributed by atoms with Gasteiger partial charge in [-0.2, -0.15) is 0 Å². The molecular weight excluding hydrogens is 452 g/mol. The maximum atomic E-state index is 14.5. The van der Waals surface area contributed by atoms with Crippen LogP contribution in [0.3, 0.4) is 0 Å². The third-order valence-corrected chi connectivity index (χ3v) is 10.0. The predicted molar refractivity (Wildman–Crippen MR) is 126 cm³/mol. The number of aliphatic hydroxyl groups excluding tert-OH is 1. The first-order valence-electron chi connectivity index (χ1n) is 12.8. The number of ketones is 1. The van der Waals surface area contributed by atoms with Crippen molar-refractivity contribution in [3.8, 4) is 0 Å². The number of carbonyl (C=O) groups is 3. The van der Waals surface area contributed by atoms with Crippen LogP contribution in [0, 0.1) is 28.6 Å². The molecule has 0 aromatic carbocycles. The Hall–Kier alpha value is -1.77. The summed E-state index contributed by atoms with van der Waals surface area (Å²) in [6.07, 6.45) is -2.21. The van der Waals surface area contributed by atoms with Crippen LogP contribution < -0.4 is 0 Å². The molecule has 3 aliphatic carbocycles. The third-order valence-electron chi connectivity index (χ3n) is 10.0. The molecule has 1 unspecified atom stereocenters. The minimum Gasteiger partial charge on any atom is -0.459 e. The second-order valence-corrected chi connectivity index (χ2v) is 12.0. The molecule has 8 nitrogen and oxygen atoms in total. The summed E-state index contributed by atoms with van der Waals surface area (Å²) in [6, 6.07) is 0. The minimum atomic E-state index is -1.72. The number of Topliss-reactive ketones (excluding diaryl/α,β-unsaturated/α-hetero) is 1. The van der Waals surface area contributed by atoms with Crippen molar-refractivity contribution in [2.24, 2.45) is 28.6 Å². The van der Waals surface area contributed by atoms with E-state index in [9.17, 15) is 24.6 Å². The van der Waals surface area contributed by atoms with Crippen molar-refractivity contribution in [1.29, 1.82) is 0 Å². The van der Waals surface area contributed by atoms with Gasteiger partial charge in [0.1, 0.15) is 23.6 Å². The summed E-state index contributed by atoms with van der Waals surface area (Å²) < 4.78 is 18.0. The fourth-order valence-corrected chi connectivity index (χ4v) is 7.92. The van der Waals surface area contributed by atoms with Crippen molar-refractivity contribution < 1.29 is 38.8 Å². The van der Waals surface area contributed by atoms with Gasteiger partial charge in [0.2, 0.25) is 0 Å². The van der Waals surface area contributed by atoms with E-state index in [0.717, 1.165) is 0 Å². The molecule has 3 fully saturated rings. The number of hydrogen-bond donors (Lipinski definition) is 2. The minimum absolute atomic E-state index is 0.0485. The van der Waals surface area contributed by atoms with Crippen molar-refractivity contribution >= 4 is 17.7 Å². The Balaban J connectivity index is 2.08. The molecule has 0 radical (unpaired) electrons. The zero-order valence-electron chi connectivity index (χ0n) is 22.1. The van der Waals surface area contributed by atoms with E-state index in [-0.39, 0.29) is 31.1 Å². The molecule has 35 heavy (non-hydrogen) atoms. The van der Waals surface area contributed by atoms with Crippen LogP contribution >= 0.6 is 0 Å². The Bertz CT molecular complexity index is 984. The normalized spacial score (nSPS) is 46.4. The summed E-state index contributed by atoms with van der Waals surface area (Å²) in [5.41, 5.74) is -3.70. The maximum absolute atomic E-state index is 14.5. The van der Waals surface area contributed by atoms with Gasteiger partial charge in [-0.1, -0.05) is 41.5 Å². The van der Waals surface area contributed by atoms with E-state index in [1.54, 1.807) is 13.8 Å². The van der Waals surface area contributed by atoms with Crippen LogP contribution in [0.1, 0.15) is 74.7 Å². The van der Waals surface area contributed by atoms with Gasteiger partial charge in [-0.15, -0.1) is 0 Å².